The Morgan fingerprint density at radius 1 is 0.818 bits per heavy atom. The molecule has 0 N–H and O–H groups in total. The SMILES string of the molecule is O=C(c1ccccc1)N(Cc1ccccc1)Cc1ccco1. The third-order valence-corrected chi connectivity index (χ3v) is 3.45. The number of carbonyl (C=O) groups is 1. The quantitative estimate of drug-likeness (QED) is 0.708. The molecular formula is C19H17NO2. The van der Waals surface area contributed by atoms with Gasteiger partial charge in [-0.3, -0.25) is 4.79 Å². The molecule has 1 aromatic heterocycles. The fourth-order valence-corrected chi connectivity index (χ4v) is 2.36. The predicted octanol–water partition coefficient (Wildman–Crippen LogP) is 4.12. The van der Waals surface area contributed by atoms with Crippen LogP contribution in [-0.2, 0) is 13.1 Å². The van der Waals surface area contributed by atoms with Crippen LogP contribution in [0.2, 0.25) is 0 Å². The van der Waals surface area contributed by atoms with Crippen molar-refractivity contribution in [2.45, 2.75) is 13.1 Å². The monoisotopic (exact) mass is 291 g/mol. The number of rotatable bonds is 5. The summed E-state index contributed by atoms with van der Waals surface area (Å²) in [5.74, 6) is 0.779. The van der Waals surface area contributed by atoms with Gasteiger partial charge in [0.05, 0.1) is 12.8 Å². The molecule has 0 bridgehead atoms. The number of benzene rings is 2. The van der Waals surface area contributed by atoms with E-state index in [1.807, 2.05) is 72.8 Å². The maximum atomic E-state index is 12.8. The normalized spacial score (nSPS) is 10.4. The van der Waals surface area contributed by atoms with Gasteiger partial charge in [0.2, 0.25) is 0 Å². The first-order valence-corrected chi connectivity index (χ1v) is 7.23. The molecule has 110 valence electrons. The molecule has 1 heterocycles. The van der Waals surface area contributed by atoms with E-state index in [0.717, 1.165) is 11.3 Å². The van der Waals surface area contributed by atoms with Crippen LogP contribution < -0.4 is 0 Å². The molecule has 0 saturated carbocycles. The molecule has 0 aliphatic heterocycles. The lowest BCUT2D eigenvalue weighted by Crippen LogP contribution is -2.29. The highest BCUT2D eigenvalue weighted by Crippen LogP contribution is 2.14. The van der Waals surface area contributed by atoms with Gasteiger partial charge in [0.1, 0.15) is 5.76 Å². The van der Waals surface area contributed by atoms with E-state index < -0.39 is 0 Å². The molecule has 0 atom stereocenters. The van der Waals surface area contributed by atoms with E-state index in [1.54, 1.807) is 11.2 Å². The first-order valence-electron chi connectivity index (χ1n) is 7.23. The Morgan fingerprint density at radius 3 is 2.14 bits per heavy atom. The van der Waals surface area contributed by atoms with Gasteiger partial charge in [-0.25, -0.2) is 0 Å². The summed E-state index contributed by atoms with van der Waals surface area (Å²) >= 11 is 0. The third-order valence-electron chi connectivity index (χ3n) is 3.45. The second-order valence-electron chi connectivity index (χ2n) is 5.09. The minimum absolute atomic E-state index is 0.000790. The van der Waals surface area contributed by atoms with Gasteiger partial charge in [-0.05, 0) is 29.8 Å². The molecule has 0 fully saturated rings. The molecule has 0 spiro atoms. The third kappa shape index (κ3) is 3.44. The van der Waals surface area contributed by atoms with Crippen LogP contribution in [0.5, 0.6) is 0 Å². The highest BCUT2D eigenvalue weighted by molar-refractivity contribution is 5.94. The second-order valence-corrected chi connectivity index (χ2v) is 5.09. The van der Waals surface area contributed by atoms with Crippen molar-refractivity contribution in [2.24, 2.45) is 0 Å². The number of furan rings is 1. The largest absolute Gasteiger partial charge is 0.467 e. The highest BCUT2D eigenvalue weighted by Gasteiger charge is 2.17. The average molecular weight is 291 g/mol. The van der Waals surface area contributed by atoms with Crippen LogP contribution in [0.4, 0.5) is 0 Å². The predicted molar refractivity (Wildman–Crippen MR) is 85.2 cm³/mol. The second kappa shape index (κ2) is 6.76. The summed E-state index contributed by atoms with van der Waals surface area (Å²) in [6, 6.07) is 23.0. The first-order chi connectivity index (χ1) is 10.8. The molecule has 0 aliphatic rings. The van der Waals surface area contributed by atoms with Gasteiger partial charge in [-0.2, -0.15) is 0 Å². The summed E-state index contributed by atoms with van der Waals surface area (Å²) in [5.41, 5.74) is 1.78. The van der Waals surface area contributed by atoms with Crippen LogP contribution in [0.1, 0.15) is 21.7 Å². The van der Waals surface area contributed by atoms with Crippen molar-refractivity contribution in [3.05, 3.63) is 95.9 Å². The van der Waals surface area contributed by atoms with Crippen molar-refractivity contribution in [1.29, 1.82) is 0 Å². The molecule has 0 aliphatic carbocycles. The van der Waals surface area contributed by atoms with E-state index in [4.69, 9.17) is 4.42 Å². The fraction of sp³-hybridized carbons (Fsp3) is 0.105. The Balaban J connectivity index is 1.84. The zero-order valence-corrected chi connectivity index (χ0v) is 12.2. The minimum atomic E-state index is 0.000790. The van der Waals surface area contributed by atoms with Crippen LogP contribution in [0.25, 0.3) is 0 Å². The summed E-state index contributed by atoms with van der Waals surface area (Å²) in [6.07, 6.45) is 1.63. The topological polar surface area (TPSA) is 33.5 Å². The standard InChI is InChI=1S/C19H17NO2/c21-19(17-10-5-2-6-11-17)20(15-18-12-7-13-22-18)14-16-8-3-1-4-9-16/h1-13H,14-15H2. The summed E-state index contributed by atoms with van der Waals surface area (Å²) in [5, 5.41) is 0. The minimum Gasteiger partial charge on any atom is -0.467 e. The Bertz CT molecular complexity index is 706. The van der Waals surface area contributed by atoms with Gasteiger partial charge < -0.3 is 9.32 Å². The Labute approximate surface area is 129 Å². The average Bonchev–Trinajstić information content (AvgIpc) is 3.08. The molecule has 0 saturated heterocycles. The van der Waals surface area contributed by atoms with Gasteiger partial charge >= 0.3 is 0 Å². The summed E-state index contributed by atoms with van der Waals surface area (Å²) < 4.78 is 5.39. The number of nitrogens with zero attached hydrogens (tertiary/aromatic N) is 1. The zero-order chi connectivity index (χ0) is 15.2. The first kappa shape index (κ1) is 14.1. The molecule has 2 aromatic carbocycles. The van der Waals surface area contributed by atoms with E-state index >= 15 is 0 Å². The van der Waals surface area contributed by atoms with Gasteiger partial charge in [0.25, 0.3) is 5.91 Å². The van der Waals surface area contributed by atoms with E-state index in [-0.39, 0.29) is 5.91 Å². The smallest absolute Gasteiger partial charge is 0.254 e. The van der Waals surface area contributed by atoms with Gasteiger partial charge in [0, 0.05) is 12.1 Å². The van der Waals surface area contributed by atoms with E-state index in [0.29, 0.717) is 18.7 Å². The number of hydrogen-bond acceptors (Lipinski definition) is 2. The van der Waals surface area contributed by atoms with Crippen LogP contribution in [-0.4, -0.2) is 10.8 Å². The summed E-state index contributed by atoms with van der Waals surface area (Å²) in [6.45, 7) is 1.00. The van der Waals surface area contributed by atoms with Gasteiger partial charge in [-0.1, -0.05) is 48.5 Å². The lowest BCUT2D eigenvalue weighted by molar-refractivity contribution is 0.0717. The maximum Gasteiger partial charge on any atom is 0.254 e. The Morgan fingerprint density at radius 2 is 1.50 bits per heavy atom. The van der Waals surface area contributed by atoms with E-state index in [9.17, 15) is 4.79 Å². The fourth-order valence-electron chi connectivity index (χ4n) is 2.36. The van der Waals surface area contributed by atoms with Crippen molar-refractivity contribution >= 4 is 5.91 Å². The highest BCUT2D eigenvalue weighted by atomic mass is 16.3. The lowest BCUT2D eigenvalue weighted by atomic mass is 10.1. The van der Waals surface area contributed by atoms with Crippen molar-refractivity contribution < 1.29 is 9.21 Å². The van der Waals surface area contributed by atoms with Gasteiger partial charge in [-0.15, -0.1) is 0 Å². The van der Waals surface area contributed by atoms with E-state index in [1.165, 1.54) is 0 Å². The van der Waals surface area contributed by atoms with Crippen molar-refractivity contribution in [3.63, 3.8) is 0 Å². The molecule has 3 aromatic rings. The number of carbonyl (C=O) groups excluding carboxylic acids is 1. The van der Waals surface area contributed by atoms with Crippen molar-refractivity contribution in [3.8, 4) is 0 Å². The van der Waals surface area contributed by atoms with Gasteiger partial charge in [0.15, 0.2) is 0 Å². The number of amides is 1. The van der Waals surface area contributed by atoms with Crippen molar-refractivity contribution in [1.82, 2.24) is 4.90 Å². The molecule has 0 radical (unpaired) electrons. The number of hydrogen-bond donors (Lipinski definition) is 0. The summed E-state index contributed by atoms with van der Waals surface area (Å²) in [4.78, 5) is 14.6. The van der Waals surface area contributed by atoms with Crippen LogP contribution in [0, 0.1) is 0 Å². The van der Waals surface area contributed by atoms with Crippen LogP contribution >= 0.6 is 0 Å². The molecule has 0 unspecified atom stereocenters. The Hall–Kier alpha value is -2.81. The lowest BCUT2D eigenvalue weighted by Gasteiger charge is -2.22. The molecule has 3 rings (SSSR count). The molecular weight excluding hydrogens is 274 g/mol. The van der Waals surface area contributed by atoms with E-state index in [2.05, 4.69) is 0 Å². The van der Waals surface area contributed by atoms with Crippen molar-refractivity contribution in [2.75, 3.05) is 0 Å². The van der Waals surface area contributed by atoms with Crippen LogP contribution in [0.3, 0.4) is 0 Å². The van der Waals surface area contributed by atoms with Crippen LogP contribution in [0.15, 0.2) is 83.5 Å². The molecule has 3 heteroatoms. The summed E-state index contributed by atoms with van der Waals surface area (Å²) in [7, 11) is 0. The Kier molecular flexibility index (Phi) is 4.35. The molecule has 3 nitrogen and oxygen atoms in total. The molecule has 22 heavy (non-hydrogen) atoms. The maximum absolute atomic E-state index is 12.8. The molecule has 1 amide bonds. The zero-order valence-electron chi connectivity index (χ0n) is 12.2.